The van der Waals surface area contributed by atoms with E-state index in [1.54, 1.807) is 4.90 Å². The minimum Gasteiger partial charge on any atom is -0.480 e. The minimum atomic E-state index is -0.858. The molecule has 40 heavy (non-hydrogen) atoms. The van der Waals surface area contributed by atoms with E-state index in [9.17, 15) is 23.5 Å². The SMILES string of the molecule is CC(C)(C)N1CC(C(=O)N2CCN([C@@H](Cc3ccc4c(c3)CCC4)C(=O)O)CC2)C(c2cc(F)c(Cl)c(F)c2)C1. The summed E-state index contributed by atoms with van der Waals surface area (Å²) in [4.78, 5) is 32.0. The van der Waals surface area contributed by atoms with Crippen LogP contribution >= 0.6 is 11.6 Å². The lowest BCUT2D eigenvalue weighted by molar-refractivity contribution is -0.145. The Labute approximate surface area is 239 Å². The molecule has 1 amide bonds. The van der Waals surface area contributed by atoms with Crippen molar-refractivity contribution in [3.05, 3.63) is 69.2 Å². The second-order valence-electron chi connectivity index (χ2n) is 12.5. The van der Waals surface area contributed by atoms with Crippen molar-refractivity contribution in [1.29, 1.82) is 0 Å². The van der Waals surface area contributed by atoms with E-state index in [2.05, 4.69) is 37.8 Å². The van der Waals surface area contributed by atoms with Crippen LogP contribution in [0.5, 0.6) is 0 Å². The summed E-state index contributed by atoms with van der Waals surface area (Å²) in [7, 11) is 0. The summed E-state index contributed by atoms with van der Waals surface area (Å²) in [6, 6.07) is 8.16. The molecule has 2 saturated heterocycles. The monoisotopic (exact) mass is 573 g/mol. The van der Waals surface area contributed by atoms with Crippen molar-refractivity contribution >= 4 is 23.5 Å². The van der Waals surface area contributed by atoms with Gasteiger partial charge in [0.2, 0.25) is 5.91 Å². The topological polar surface area (TPSA) is 64.1 Å². The van der Waals surface area contributed by atoms with Crippen LogP contribution < -0.4 is 0 Å². The predicted molar refractivity (Wildman–Crippen MR) is 151 cm³/mol. The molecule has 216 valence electrons. The summed E-state index contributed by atoms with van der Waals surface area (Å²) >= 11 is 5.73. The summed E-state index contributed by atoms with van der Waals surface area (Å²) in [5.74, 6) is -3.41. The highest BCUT2D eigenvalue weighted by atomic mass is 35.5. The molecule has 1 N–H and O–H groups in total. The van der Waals surface area contributed by atoms with Crippen molar-refractivity contribution in [2.24, 2.45) is 5.92 Å². The maximum absolute atomic E-state index is 14.4. The van der Waals surface area contributed by atoms with Gasteiger partial charge in [0.25, 0.3) is 0 Å². The first-order chi connectivity index (χ1) is 18.9. The van der Waals surface area contributed by atoms with Gasteiger partial charge in [-0.1, -0.05) is 29.8 Å². The molecule has 0 saturated carbocycles. The second kappa shape index (κ2) is 11.4. The molecule has 1 aliphatic carbocycles. The first-order valence-corrected chi connectivity index (χ1v) is 14.6. The van der Waals surface area contributed by atoms with Gasteiger partial charge in [-0.3, -0.25) is 19.4 Å². The van der Waals surface area contributed by atoms with Crippen LogP contribution in [0.2, 0.25) is 5.02 Å². The number of carboxylic acid groups (broad SMARTS) is 1. The number of fused-ring (bicyclic) bond motifs is 1. The van der Waals surface area contributed by atoms with Crippen molar-refractivity contribution < 1.29 is 23.5 Å². The van der Waals surface area contributed by atoms with E-state index in [0.717, 1.165) is 24.8 Å². The highest BCUT2D eigenvalue weighted by Gasteiger charge is 2.44. The number of hydrogen-bond donors (Lipinski definition) is 1. The van der Waals surface area contributed by atoms with Crippen LogP contribution in [-0.4, -0.2) is 82.5 Å². The molecule has 0 bridgehead atoms. The number of amides is 1. The Morgan fingerprint density at radius 1 is 1.00 bits per heavy atom. The van der Waals surface area contributed by atoms with Crippen LogP contribution in [0.4, 0.5) is 8.78 Å². The largest absolute Gasteiger partial charge is 0.480 e. The van der Waals surface area contributed by atoms with Crippen molar-refractivity contribution in [2.75, 3.05) is 39.3 Å². The summed E-state index contributed by atoms with van der Waals surface area (Å²) < 4.78 is 28.8. The molecule has 2 heterocycles. The molecule has 9 heteroatoms. The number of aryl methyl sites for hydroxylation is 2. The third kappa shape index (κ3) is 5.90. The normalized spacial score (nSPS) is 22.9. The molecule has 0 spiro atoms. The van der Waals surface area contributed by atoms with Gasteiger partial charge in [-0.05, 0) is 80.8 Å². The fourth-order valence-corrected chi connectivity index (χ4v) is 6.67. The lowest BCUT2D eigenvalue weighted by Crippen LogP contribution is -2.56. The average Bonchev–Trinajstić information content (AvgIpc) is 3.57. The summed E-state index contributed by atoms with van der Waals surface area (Å²) in [6.07, 6.45) is 3.71. The van der Waals surface area contributed by atoms with Gasteiger partial charge in [0.05, 0.1) is 5.92 Å². The summed E-state index contributed by atoms with van der Waals surface area (Å²) in [5, 5.41) is 9.52. The Bertz CT molecular complexity index is 1270. The van der Waals surface area contributed by atoms with Crippen LogP contribution in [0.15, 0.2) is 30.3 Å². The number of halogens is 3. The molecule has 2 aliphatic heterocycles. The first kappa shape index (κ1) is 29.0. The molecule has 2 fully saturated rings. The van der Waals surface area contributed by atoms with Gasteiger partial charge in [-0.25, -0.2) is 8.78 Å². The lowest BCUT2D eigenvalue weighted by atomic mass is 9.87. The van der Waals surface area contributed by atoms with Crippen LogP contribution in [0.25, 0.3) is 0 Å². The Hall–Kier alpha value is -2.55. The molecule has 2 aromatic rings. The van der Waals surface area contributed by atoms with E-state index in [-0.39, 0.29) is 17.4 Å². The van der Waals surface area contributed by atoms with Gasteiger partial charge in [-0.15, -0.1) is 0 Å². The summed E-state index contributed by atoms with van der Waals surface area (Å²) in [6.45, 7) is 8.90. The number of piperazine rings is 1. The van der Waals surface area contributed by atoms with Gasteiger partial charge >= 0.3 is 5.97 Å². The van der Waals surface area contributed by atoms with Crippen LogP contribution in [0.3, 0.4) is 0 Å². The number of aliphatic carboxylic acids is 1. The number of benzene rings is 2. The number of hydrogen-bond acceptors (Lipinski definition) is 4. The van der Waals surface area contributed by atoms with Crippen molar-refractivity contribution in [3.8, 4) is 0 Å². The zero-order valence-corrected chi connectivity index (χ0v) is 24.2. The van der Waals surface area contributed by atoms with Gasteiger partial charge in [0, 0.05) is 50.7 Å². The van der Waals surface area contributed by atoms with Crippen LogP contribution in [-0.2, 0) is 28.9 Å². The Balaban J connectivity index is 1.28. The highest BCUT2D eigenvalue weighted by Crippen LogP contribution is 2.39. The Morgan fingerprint density at radius 3 is 2.27 bits per heavy atom. The number of nitrogens with zero attached hydrogens (tertiary/aromatic N) is 3. The van der Waals surface area contributed by atoms with Crippen molar-refractivity contribution in [3.63, 3.8) is 0 Å². The molecule has 5 rings (SSSR count). The maximum atomic E-state index is 14.4. The third-order valence-corrected chi connectivity index (χ3v) is 9.32. The fourth-order valence-electron chi connectivity index (χ4n) is 6.57. The van der Waals surface area contributed by atoms with E-state index < -0.39 is 34.6 Å². The van der Waals surface area contributed by atoms with Gasteiger partial charge in [0.1, 0.15) is 22.7 Å². The number of carboxylic acids is 1. The van der Waals surface area contributed by atoms with Gasteiger partial charge in [-0.2, -0.15) is 0 Å². The van der Waals surface area contributed by atoms with E-state index in [1.807, 2.05) is 11.0 Å². The Kier molecular flexibility index (Phi) is 8.24. The number of carbonyl (C=O) groups excluding carboxylic acids is 1. The first-order valence-electron chi connectivity index (χ1n) is 14.2. The fraction of sp³-hybridized carbons (Fsp3) is 0.548. The molecule has 3 atom stereocenters. The molecule has 3 aliphatic rings. The van der Waals surface area contributed by atoms with Crippen LogP contribution in [0, 0.1) is 17.6 Å². The molecule has 2 aromatic carbocycles. The van der Waals surface area contributed by atoms with Crippen LogP contribution in [0.1, 0.15) is 55.4 Å². The van der Waals surface area contributed by atoms with E-state index in [4.69, 9.17) is 11.6 Å². The maximum Gasteiger partial charge on any atom is 0.321 e. The van der Waals surface area contributed by atoms with E-state index >= 15 is 0 Å². The predicted octanol–water partition coefficient (Wildman–Crippen LogP) is 4.76. The average molecular weight is 574 g/mol. The zero-order chi connectivity index (χ0) is 28.8. The molecular weight excluding hydrogens is 536 g/mol. The quantitative estimate of drug-likeness (QED) is 0.505. The highest BCUT2D eigenvalue weighted by molar-refractivity contribution is 6.30. The molecule has 0 radical (unpaired) electrons. The lowest BCUT2D eigenvalue weighted by Gasteiger charge is -2.39. The van der Waals surface area contributed by atoms with Gasteiger partial charge < -0.3 is 10.0 Å². The second-order valence-corrected chi connectivity index (χ2v) is 12.8. The van der Waals surface area contributed by atoms with E-state index in [0.29, 0.717) is 51.3 Å². The van der Waals surface area contributed by atoms with E-state index in [1.165, 1.54) is 23.3 Å². The minimum absolute atomic E-state index is 0.0577. The summed E-state index contributed by atoms with van der Waals surface area (Å²) in [5.41, 5.74) is 3.94. The molecular formula is C31H38ClF2N3O3. The molecule has 0 aromatic heterocycles. The molecule has 6 nitrogen and oxygen atoms in total. The zero-order valence-electron chi connectivity index (χ0n) is 23.4. The smallest absolute Gasteiger partial charge is 0.321 e. The number of rotatable bonds is 6. The van der Waals surface area contributed by atoms with Crippen molar-refractivity contribution in [1.82, 2.24) is 14.7 Å². The standard InChI is InChI=1S/C31H38ClF2N3O3/c1-31(2,3)37-17-23(22-15-25(33)28(32)26(34)16-22)24(18-37)29(38)36-11-9-35(10-12-36)27(30(39)40)14-19-7-8-20-5-4-6-21(20)13-19/h7-8,13,15-16,23-24,27H,4-6,9-12,14,17-18H2,1-3H3,(H,39,40)/t23?,24?,27-/m0/s1. The van der Waals surface area contributed by atoms with Gasteiger partial charge in [0.15, 0.2) is 0 Å². The van der Waals surface area contributed by atoms with Crippen molar-refractivity contribution in [2.45, 2.75) is 64.0 Å². The number of carbonyl (C=O) groups is 2. The number of likely N-dealkylation sites (tertiary alicyclic amines) is 1. The Morgan fingerprint density at radius 2 is 1.65 bits per heavy atom. The molecule has 2 unspecified atom stereocenters. The third-order valence-electron chi connectivity index (χ3n) is 8.96.